The van der Waals surface area contributed by atoms with Crippen LogP contribution in [0.25, 0.3) is 0 Å². The fourth-order valence-corrected chi connectivity index (χ4v) is 3.45. The number of pyridine rings is 1. The van der Waals surface area contributed by atoms with Gasteiger partial charge in [0.1, 0.15) is 6.54 Å². The first-order valence-electron chi connectivity index (χ1n) is 10.3. The smallest absolute Gasteiger partial charge is 0.313 e. The van der Waals surface area contributed by atoms with Gasteiger partial charge in [-0.2, -0.15) is 0 Å². The summed E-state index contributed by atoms with van der Waals surface area (Å²) in [6, 6.07) is 11.8. The molecule has 0 aliphatic carbocycles. The number of esters is 1. The van der Waals surface area contributed by atoms with Gasteiger partial charge in [0, 0.05) is 18.6 Å². The SMILES string of the molecule is CC[C@@H](C(=O)OCCCCCCC[n+]1ccccc1)c1ccc2c(c1)OCO2. The summed E-state index contributed by atoms with van der Waals surface area (Å²) in [7, 11) is 0. The Kier molecular flexibility index (Phi) is 7.71. The average Bonchev–Trinajstić information content (AvgIpc) is 3.19. The molecule has 1 aliphatic heterocycles. The van der Waals surface area contributed by atoms with Crippen molar-refractivity contribution in [3.63, 3.8) is 0 Å². The Morgan fingerprint density at radius 1 is 1.04 bits per heavy atom. The summed E-state index contributed by atoms with van der Waals surface area (Å²) in [6.07, 6.45) is 10.5. The van der Waals surface area contributed by atoms with E-state index in [-0.39, 0.29) is 18.7 Å². The van der Waals surface area contributed by atoms with Gasteiger partial charge in [0.05, 0.1) is 12.5 Å². The van der Waals surface area contributed by atoms with Gasteiger partial charge in [0.25, 0.3) is 0 Å². The lowest BCUT2D eigenvalue weighted by Gasteiger charge is -2.15. The zero-order valence-corrected chi connectivity index (χ0v) is 16.6. The van der Waals surface area contributed by atoms with Gasteiger partial charge >= 0.3 is 5.97 Å². The predicted octanol–water partition coefficient (Wildman–Crippen LogP) is 4.39. The van der Waals surface area contributed by atoms with Crippen molar-refractivity contribution in [2.24, 2.45) is 0 Å². The summed E-state index contributed by atoms with van der Waals surface area (Å²) in [6.45, 7) is 3.79. The number of hydrogen-bond donors (Lipinski definition) is 0. The van der Waals surface area contributed by atoms with Gasteiger partial charge in [0.15, 0.2) is 23.9 Å². The van der Waals surface area contributed by atoms with Crippen molar-refractivity contribution < 1.29 is 23.6 Å². The molecule has 3 rings (SSSR count). The van der Waals surface area contributed by atoms with Gasteiger partial charge in [-0.1, -0.05) is 31.9 Å². The molecule has 5 nitrogen and oxygen atoms in total. The van der Waals surface area contributed by atoms with Crippen LogP contribution in [0.2, 0.25) is 0 Å². The predicted molar refractivity (Wildman–Crippen MR) is 106 cm³/mol. The standard InChI is InChI=1S/C23H30NO4/c1-2-20(19-11-12-21-22(17-19)28-18-27-21)23(25)26-16-10-5-3-4-7-13-24-14-8-6-9-15-24/h6,8-9,11-12,14-15,17,20H,2-5,7,10,13,16,18H2,1H3/q+1/t20-/m1/s1. The Hall–Kier alpha value is -2.56. The molecule has 1 aromatic heterocycles. The molecular formula is C23H30NO4+. The zero-order valence-electron chi connectivity index (χ0n) is 16.6. The second-order valence-corrected chi connectivity index (χ2v) is 7.12. The van der Waals surface area contributed by atoms with E-state index in [9.17, 15) is 4.79 Å². The minimum absolute atomic E-state index is 0.151. The van der Waals surface area contributed by atoms with Gasteiger partial charge in [-0.3, -0.25) is 4.79 Å². The quantitative estimate of drug-likeness (QED) is 0.327. The molecule has 150 valence electrons. The number of benzene rings is 1. The summed E-state index contributed by atoms with van der Waals surface area (Å²) in [5.74, 6) is 1.04. The highest BCUT2D eigenvalue weighted by Gasteiger charge is 2.23. The van der Waals surface area contributed by atoms with E-state index in [4.69, 9.17) is 14.2 Å². The largest absolute Gasteiger partial charge is 0.465 e. The molecule has 1 atom stereocenters. The highest BCUT2D eigenvalue weighted by atomic mass is 16.7. The van der Waals surface area contributed by atoms with E-state index in [1.54, 1.807) is 0 Å². The number of carbonyl (C=O) groups is 1. The van der Waals surface area contributed by atoms with Crippen molar-refractivity contribution in [3.05, 3.63) is 54.4 Å². The fraction of sp³-hybridized carbons (Fsp3) is 0.478. The van der Waals surface area contributed by atoms with E-state index in [0.717, 1.165) is 30.7 Å². The summed E-state index contributed by atoms with van der Waals surface area (Å²) in [5, 5.41) is 0. The van der Waals surface area contributed by atoms with Crippen LogP contribution < -0.4 is 14.0 Å². The number of aryl methyl sites for hydroxylation is 1. The Labute approximate surface area is 167 Å². The number of aromatic nitrogens is 1. The number of hydrogen-bond acceptors (Lipinski definition) is 4. The van der Waals surface area contributed by atoms with Crippen molar-refractivity contribution >= 4 is 5.97 Å². The molecule has 5 heteroatoms. The van der Waals surface area contributed by atoms with Crippen molar-refractivity contribution in [1.82, 2.24) is 0 Å². The highest BCUT2D eigenvalue weighted by Crippen LogP contribution is 2.35. The van der Waals surface area contributed by atoms with Crippen molar-refractivity contribution in [1.29, 1.82) is 0 Å². The summed E-state index contributed by atoms with van der Waals surface area (Å²) in [5.41, 5.74) is 0.926. The van der Waals surface area contributed by atoms with Crippen LogP contribution >= 0.6 is 0 Å². The lowest BCUT2D eigenvalue weighted by molar-refractivity contribution is -0.697. The molecule has 0 amide bonds. The van der Waals surface area contributed by atoms with E-state index in [2.05, 4.69) is 29.1 Å². The third kappa shape index (κ3) is 5.72. The van der Waals surface area contributed by atoms with Crippen molar-refractivity contribution in [3.8, 4) is 11.5 Å². The van der Waals surface area contributed by atoms with Crippen LogP contribution in [0.3, 0.4) is 0 Å². The van der Waals surface area contributed by atoms with Crippen LogP contribution in [-0.4, -0.2) is 19.4 Å². The Balaban J connectivity index is 1.31. The van der Waals surface area contributed by atoms with Crippen LogP contribution in [0.5, 0.6) is 11.5 Å². The maximum absolute atomic E-state index is 12.5. The minimum atomic E-state index is -0.252. The van der Waals surface area contributed by atoms with E-state index >= 15 is 0 Å². The molecule has 1 aliphatic rings. The summed E-state index contributed by atoms with van der Waals surface area (Å²) < 4.78 is 18.5. The molecule has 0 radical (unpaired) electrons. The molecule has 0 fully saturated rings. The van der Waals surface area contributed by atoms with Gasteiger partial charge in [-0.05, 0) is 37.0 Å². The number of nitrogens with zero attached hydrogens (tertiary/aromatic N) is 1. The van der Waals surface area contributed by atoms with Crippen LogP contribution in [-0.2, 0) is 16.1 Å². The zero-order chi connectivity index (χ0) is 19.6. The normalized spacial score (nSPS) is 13.3. The maximum Gasteiger partial charge on any atom is 0.313 e. The van der Waals surface area contributed by atoms with Crippen molar-refractivity contribution in [2.45, 2.75) is 57.9 Å². The van der Waals surface area contributed by atoms with E-state index in [0.29, 0.717) is 18.8 Å². The topological polar surface area (TPSA) is 48.6 Å². The van der Waals surface area contributed by atoms with Crippen LogP contribution in [0, 0.1) is 0 Å². The van der Waals surface area contributed by atoms with Crippen molar-refractivity contribution in [2.75, 3.05) is 13.4 Å². The Morgan fingerprint density at radius 3 is 2.61 bits per heavy atom. The molecule has 28 heavy (non-hydrogen) atoms. The third-order valence-electron chi connectivity index (χ3n) is 5.07. The molecule has 0 bridgehead atoms. The number of unbranched alkanes of at least 4 members (excludes halogenated alkanes) is 4. The van der Waals surface area contributed by atoms with Crippen LogP contribution in [0.15, 0.2) is 48.8 Å². The average molecular weight is 384 g/mol. The molecule has 1 aromatic carbocycles. The molecule has 0 unspecified atom stereocenters. The molecule has 2 heterocycles. The van der Waals surface area contributed by atoms with Gasteiger partial charge in [-0.25, -0.2) is 4.57 Å². The third-order valence-corrected chi connectivity index (χ3v) is 5.07. The lowest BCUT2D eigenvalue weighted by Crippen LogP contribution is -2.32. The first-order valence-corrected chi connectivity index (χ1v) is 10.3. The lowest BCUT2D eigenvalue weighted by atomic mass is 9.96. The maximum atomic E-state index is 12.5. The monoisotopic (exact) mass is 384 g/mol. The number of ether oxygens (including phenoxy) is 3. The molecular weight excluding hydrogens is 354 g/mol. The summed E-state index contributed by atoms with van der Waals surface area (Å²) in [4.78, 5) is 12.5. The second kappa shape index (κ2) is 10.7. The van der Waals surface area contributed by atoms with Crippen LogP contribution in [0.1, 0.15) is 56.9 Å². The second-order valence-electron chi connectivity index (χ2n) is 7.12. The first kappa shape index (κ1) is 20.2. The van der Waals surface area contributed by atoms with E-state index in [1.165, 1.54) is 19.3 Å². The van der Waals surface area contributed by atoms with Crippen LogP contribution in [0.4, 0.5) is 0 Å². The minimum Gasteiger partial charge on any atom is -0.465 e. The molecule has 0 spiro atoms. The van der Waals surface area contributed by atoms with Gasteiger partial charge in [0.2, 0.25) is 6.79 Å². The van der Waals surface area contributed by atoms with E-state index in [1.807, 2.05) is 31.2 Å². The Morgan fingerprint density at radius 2 is 1.79 bits per heavy atom. The molecule has 0 N–H and O–H groups in total. The highest BCUT2D eigenvalue weighted by molar-refractivity contribution is 5.78. The molecule has 0 saturated heterocycles. The molecule has 2 aromatic rings. The number of rotatable bonds is 11. The van der Waals surface area contributed by atoms with E-state index < -0.39 is 0 Å². The summed E-state index contributed by atoms with van der Waals surface area (Å²) >= 11 is 0. The number of carbonyl (C=O) groups excluding carboxylic acids is 1. The fourth-order valence-electron chi connectivity index (χ4n) is 3.45. The first-order chi connectivity index (χ1) is 13.8. The Bertz CT molecular complexity index is 748. The molecule has 0 saturated carbocycles. The van der Waals surface area contributed by atoms with Gasteiger partial charge < -0.3 is 14.2 Å². The number of fused-ring (bicyclic) bond motifs is 1. The van der Waals surface area contributed by atoms with Gasteiger partial charge in [-0.15, -0.1) is 0 Å².